The van der Waals surface area contributed by atoms with Gasteiger partial charge in [-0.15, -0.1) is 0 Å². The minimum absolute atomic E-state index is 0.141. The average molecular weight is 277 g/mol. The van der Waals surface area contributed by atoms with Gasteiger partial charge >= 0.3 is 0 Å². The molecular weight excluding hydrogens is 252 g/mol. The van der Waals surface area contributed by atoms with Gasteiger partial charge in [0.1, 0.15) is 0 Å². The third-order valence-corrected chi connectivity index (χ3v) is 4.12. The van der Waals surface area contributed by atoms with Crippen LogP contribution in [0, 0.1) is 0 Å². The summed E-state index contributed by atoms with van der Waals surface area (Å²) in [5.74, 6) is 0. The second-order valence-electron chi connectivity index (χ2n) is 5.36. The van der Waals surface area contributed by atoms with Crippen LogP contribution in [0.25, 0.3) is 0 Å². The van der Waals surface area contributed by atoms with Gasteiger partial charge in [-0.25, -0.2) is 0 Å². The van der Waals surface area contributed by atoms with Gasteiger partial charge in [0.25, 0.3) is 0 Å². The number of rotatable bonds is 6. The third kappa shape index (κ3) is 5.35. The summed E-state index contributed by atoms with van der Waals surface area (Å²) >= 11 is 3.73. The first-order valence-corrected chi connectivity index (χ1v) is 7.27. The highest BCUT2D eigenvalue weighted by atomic mass is 79.9. The number of ether oxygens (including phenoxy) is 1. The third-order valence-electron chi connectivity index (χ3n) is 3.20. The highest BCUT2D eigenvalue weighted by molar-refractivity contribution is 9.09. The van der Waals surface area contributed by atoms with E-state index in [0.717, 1.165) is 4.83 Å². The Balaban J connectivity index is 2.06. The number of halogens is 1. The molecule has 1 heterocycles. The van der Waals surface area contributed by atoms with Crippen LogP contribution >= 0.6 is 15.9 Å². The fourth-order valence-electron chi connectivity index (χ4n) is 2.31. The fraction of sp³-hybridized carbons (Fsp3) is 1.00. The number of hydrogen-bond donors (Lipinski definition) is 0. The van der Waals surface area contributed by atoms with Crippen molar-refractivity contribution >= 4 is 15.9 Å². The van der Waals surface area contributed by atoms with Gasteiger partial charge in [0.15, 0.2) is 0 Å². The summed E-state index contributed by atoms with van der Waals surface area (Å²) in [6, 6.07) is 0. The van der Waals surface area contributed by atoms with Crippen LogP contribution in [0.15, 0.2) is 0 Å². The molecule has 0 radical (unpaired) electrons. The highest BCUT2D eigenvalue weighted by Crippen LogP contribution is 2.32. The zero-order chi connectivity index (χ0) is 11.3. The van der Waals surface area contributed by atoms with E-state index in [1.165, 1.54) is 44.9 Å². The maximum atomic E-state index is 5.98. The summed E-state index contributed by atoms with van der Waals surface area (Å²) in [6.07, 6.45) is 9.44. The summed E-state index contributed by atoms with van der Waals surface area (Å²) in [4.78, 5) is 0.719. The van der Waals surface area contributed by atoms with Crippen molar-refractivity contribution in [3.05, 3.63) is 0 Å². The zero-order valence-corrected chi connectivity index (χ0v) is 12.0. The van der Waals surface area contributed by atoms with Gasteiger partial charge in [-0.05, 0) is 52.4 Å². The largest absolute Gasteiger partial charge is 0.372 e. The van der Waals surface area contributed by atoms with E-state index in [2.05, 4.69) is 36.7 Å². The van der Waals surface area contributed by atoms with Gasteiger partial charge in [-0.1, -0.05) is 29.3 Å². The van der Waals surface area contributed by atoms with Gasteiger partial charge in [-0.3, -0.25) is 0 Å². The SMILES string of the molecule is CCCC(Br)CCCC1CCC(C)(C)O1. The van der Waals surface area contributed by atoms with Crippen LogP contribution in [0.1, 0.15) is 65.7 Å². The van der Waals surface area contributed by atoms with E-state index in [0.29, 0.717) is 6.10 Å². The van der Waals surface area contributed by atoms with Crippen molar-refractivity contribution in [2.24, 2.45) is 0 Å². The van der Waals surface area contributed by atoms with Crippen LogP contribution in [-0.2, 0) is 4.74 Å². The van der Waals surface area contributed by atoms with E-state index in [9.17, 15) is 0 Å². The number of hydrogen-bond acceptors (Lipinski definition) is 1. The summed E-state index contributed by atoms with van der Waals surface area (Å²) < 4.78 is 5.98. The Morgan fingerprint density at radius 3 is 2.67 bits per heavy atom. The van der Waals surface area contributed by atoms with Gasteiger partial charge in [-0.2, -0.15) is 0 Å². The van der Waals surface area contributed by atoms with E-state index < -0.39 is 0 Å². The van der Waals surface area contributed by atoms with Crippen molar-refractivity contribution in [3.63, 3.8) is 0 Å². The Kier molecular flexibility index (Phi) is 5.62. The van der Waals surface area contributed by atoms with Crippen LogP contribution in [0.2, 0.25) is 0 Å². The molecule has 2 heteroatoms. The summed E-state index contributed by atoms with van der Waals surface area (Å²) in [6.45, 7) is 6.66. The Morgan fingerprint density at radius 2 is 2.13 bits per heavy atom. The van der Waals surface area contributed by atoms with Crippen molar-refractivity contribution in [1.82, 2.24) is 0 Å². The smallest absolute Gasteiger partial charge is 0.0631 e. The van der Waals surface area contributed by atoms with E-state index in [1.54, 1.807) is 0 Å². The molecule has 0 saturated carbocycles. The molecule has 1 aliphatic rings. The van der Waals surface area contributed by atoms with Crippen molar-refractivity contribution < 1.29 is 4.74 Å². The molecule has 15 heavy (non-hydrogen) atoms. The first kappa shape index (κ1) is 13.5. The standard InChI is InChI=1S/C13H25BrO/c1-4-6-11(14)7-5-8-12-9-10-13(2,3)15-12/h11-12H,4-10H2,1-3H3. The van der Waals surface area contributed by atoms with Gasteiger partial charge in [0.2, 0.25) is 0 Å². The van der Waals surface area contributed by atoms with E-state index >= 15 is 0 Å². The molecule has 1 saturated heterocycles. The first-order valence-electron chi connectivity index (χ1n) is 6.35. The monoisotopic (exact) mass is 276 g/mol. The topological polar surface area (TPSA) is 9.23 Å². The first-order chi connectivity index (χ1) is 7.03. The molecule has 2 unspecified atom stereocenters. The average Bonchev–Trinajstić information content (AvgIpc) is 2.46. The molecule has 0 aromatic heterocycles. The summed E-state index contributed by atoms with van der Waals surface area (Å²) in [5.41, 5.74) is 0.141. The molecule has 0 aliphatic carbocycles. The lowest BCUT2D eigenvalue weighted by molar-refractivity contribution is -0.0190. The summed E-state index contributed by atoms with van der Waals surface area (Å²) in [5, 5.41) is 0. The molecule has 1 nitrogen and oxygen atoms in total. The molecular formula is C13H25BrO. The minimum atomic E-state index is 0.141. The quantitative estimate of drug-likeness (QED) is 0.641. The Bertz CT molecular complexity index is 179. The summed E-state index contributed by atoms with van der Waals surface area (Å²) in [7, 11) is 0. The molecule has 0 aromatic carbocycles. The van der Waals surface area contributed by atoms with Crippen LogP contribution in [0.5, 0.6) is 0 Å². The van der Waals surface area contributed by atoms with E-state index in [-0.39, 0.29) is 5.60 Å². The van der Waals surface area contributed by atoms with Gasteiger partial charge in [0.05, 0.1) is 11.7 Å². The Hall–Kier alpha value is 0.440. The molecule has 0 amide bonds. The molecule has 1 rings (SSSR count). The molecule has 1 aliphatic heterocycles. The molecule has 0 N–H and O–H groups in total. The molecule has 2 atom stereocenters. The van der Waals surface area contributed by atoms with E-state index in [1.807, 2.05) is 0 Å². The highest BCUT2D eigenvalue weighted by Gasteiger charge is 2.30. The predicted octanol–water partition coefficient (Wildman–Crippen LogP) is 4.68. The normalized spacial score (nSPS) is 26.8. The van der Waals surface area contributed by atoms with Crippen molar-refractivity contribution in [2.45, 2.75) is 82.2 Å². The zero-order valence-electron chi connectivity index (χ0n) is 10.4. The van der Waals surface area contributed by atoms with Crippen LogP contribution in [-0.4, -0.2) is 16.5 Å². The maximum Gasteiger partial charge on any atom is 0.0631 e. The Labute approximate surface area is 103 Å². The van der Waals surface area contributed by atoms with E-state index in [4.69, 9.17) is 4.74 Å². The van der Waals surface area contributed by atoms with Gasteiger partial charge in [0, 0.05) is 4.83 Å². The lowest BCUT2D eigenvalue weighted by Gasteiger charge is -2.19. The second kappa shape index (κ2) is 6.24. The van der Waals surface area contributed by atoms with Crippen LogP contribution in [0.4, 0.5) is 0 Å². The molecule has 0 aromatic rings. The number of alkyl halides is 1. The van der Waals surface area contributed by atoms with Crippen LogP contribution in [0.3, 0.4) is 0 Å². The second-order valence-corrected chi connectivity index (χ2v) is 6.65. The maximum absolute atomic E-state index is 5.98. The van der Waals surface area contributed by atoms with Crippen molar-refractivity contribution in [1.29, 1.82) is 0 Å². The lowest BCUT2D eigenvalue weighted by Crippen LogP contribution is -2.20. The Morgan fingerprint density at radius 1 is 1.40 bits per heavy atom. The lowest BCUT2D eigenvalue weighted by atomic mass is 10.0. The van der Waals surface area contributed by atoms with Crippen molar-refractivity contribution in [3.8, 4) is 0 Å². The predicted molar refractivity (Wildman–Crippen MR) is 69.7 cm³/mol. The molecule has 90 valence electrons. The molecule has 0 spiro atoms. The molecule has 0 bridgehead atoms. The van der Waals surface area contributed by atoms with Crippen molar-refractivity contribution in [2.75, 3.05) is 0 Å². The van der Waals surface area contributed by atoms with Gasteiger partial charge < -0.3 is 4.74 Å². The fourth-order valence-corrected chi connectivity index (χ4v) is 3.09. The minimum Gasteiger partial charge on any atom is -0.372 e. The van der Waals surface area contributed by atoms with Crippen LogP contribution < -0.4 is 0 Å². The molecule has 1 fully saturated rings.